The lowest BCUT2D eigenvalue weighted by Crippen LogP contribution is -2.07. The topological polar surface area (TPSA) is 49.7 Å². The highest BCUT2D eigenvalue weighted by molar-refractivity contribution is 6.05. The molecule has 1 aliphatic heterocycles. The van der Waals surface area contributed by atoms with E-state index < -0.39 is 0 Å². The molecule has 1 aliphatic rings. The molecule has 2 N–H and O–H groups in total. The second kappa shape index (κ2) is 5.99. The standard InChI is InChI=1S/C24H17FO3/c1-13-8-15(3-7-22(13)25)23-20-11-18(27)4-2-14(20)10-21-19-6-5-17(26)9-16(19)12-28-24(21)23/h2-11,26-27H,12H2,1H3. The smallest absolute Gasteiger partial charge is 0.136 e. The minimum Gasteiger partial charge on any atom is -0.508 e. The number of aromatic hydroxyl groups is 2. The maximum Gasteiger partial charge on any atom is 0.136 e. The summed E-state index contributed by atoms with van der Waals surface area (Å²) in [4.78, 5) is 0. The molecule has 3 nitrogen and oxygen atoms in total. The van der Waals surface area contributed by atoms with E-state index in [2.05, 4.69) is 0 Å². The summed E-state index contributed by atoms with van der Waals surface area (Å²) in [6, 6.07) is 17.5. The average molecular weight is 372 g/mol. The minimum absolute atomic E-state index is 0.161. The Hall–Kier alpha value is -3.53. The van der Waals surface area contributed by atoms with E-state index >= 15 is 0 Å². The fourth-order valence-corrected chi connectivity index (χ4v) is 3.91. The van der Waals surface area contributed by atoms with Crippen molar-refractivity contribution in [3.63, 3.8) is 0 Å². The van der Waals surface area contributed by atoms with Crippen molar-refractivity contribution in [1.82, 2.24) is 0 Å². The number of hydrogen-bond donors (Lipinski definition) is 2. The first-order valence-corrected chi connectivity index (χ1v) is 9.02. The van der Waals surface area contributed by atoms with Gasteiger partial charge in [0.25, 0.3) is 0 Å². The van der Waals surface area contributed by atoms with Gasteiger partial charge in [0.15, 0.2) is 0 Å². The summed E-state index contributed by atoms with van der Waals surface area (Å²) in [5.74, 6) is 0.796. The van der Waals surface area contributed by atoms with E-state index in [1.807, 2.05) is 18.2 Å². The van der Waals surface area contributed by atoms with E-state index in [-0.39, 0.29) is 17.3 Å². The zero-order chi connectivity index (χ0) is 19.4. The number of phenolic OH excluding ortho intramolecular Hbond substituents is 2. The minimum atomic E-state index is -0.262. The number of fused-ring (bicyclic) bond motifs is 4. The Morgan fingerprint density at radius 2 is 1.64 bits per heavy atom. The van der Waals surface area contributed by atoms with E-state index in [1.165, 1.54) is 6.07 Å². The molecule has 0 aromatic heterocycles. The van der Waals surface area contributed by atoms with Crippen molar-refractivity contribution in [3.05, 3.63) is 77.6 Å². The molecular weight excluding hydrogens is 355 g/mol. The summed E-state index contributed by atoms with van der Waals surface area (Å²) >= 11 is 0. The Balaban J connectivity index is 1.89. The average Bonchev–Trinajstić information content (AvgIpc) is 2.68. The molecule has 0 fully saturated rings. The van der Waals surface area contributed by atoms with Crippen molar-refractivity contribution in [1.29, 1.82) is 0 Å². The molecule has 4 heteroatoms. The molecule has 1 heterocycles. The number of halogens is 1. The van der Waals surface area contributed by atoms with E-state index in [0.29, 0.717) is 17.9 Å². The molecule has 5 rings (SSSR count). The lowest BCUT2D eigenvalue weighted by atomic mass is 9.88. The number of benzene rings is 4. The second-order valence-electron chi connectivity index (χ2n) is 7.13. The SMILES string of the molecule is Cc1cc(-c2c3c(cc4ccc(O)cc24)-c2ccc(O)cc2CO3)ccc1F. The van der Waals surface area contributed by atoms with E-state index in [9.17, 15) is 14.6 Å². The molecule has 0 saturated heterocycles. The largest absolute Gasteiger partial charge is 0.508 e. The first-order chi connectivity index (χ1) is 13.5. The number of aryl methyl sites for hydroxylation is 1. The van der Waals surface area contributed by atoms with Crippen LogP contribution in [0.25, 0.3) is 33.0 Å². The van der Waals surface area contributed by atoms with Crippen molar-refractivity contribution in [2.45, 2.75) is 13.5 Å². The van der Waals surface area contributed by atoms with Gasteiger partial charge < -0.3 is 14.9 Å². The zero-order valence-corrected chi connectivity index (χ0v) is 15.2. The van der Waals surface area contributed by atoms with Gasteiger partial charge in [-0.1, -0.05) is 18.2 Å². The van der Waals surface area contributed by atoms with Gasteiger partial charge in [0, 0.05) is 16.7 Å². The molecule has 0 atom stereocenters. The molecule has 138 valence electrons. The van der Waals surface area contributed by atoms with Gasteiger partial charge in [-0.25, -0.2) is 4.39 Å². The van der Waals surface area contributed by atoms with Crippen molar-refractivity contribution < 1.29 is 19.3 Å². The van der Waals surface area contributed by atoms with Crippen LogP contribution >= 0.6 is 0 Å². The highest BCUT2D eigenvalue weighted by atomic mass is 19.1. The Kier molecular flexibility index (Phi) is 3.56. The van der Waals surface area contributed by atoms with Gasteiger partial charge in [0.2, 0.25) is 0 Å². The van der Waals surface area contributed by atoms with Crippen molar-refractivity contribution in [2.75, 3.05) is 0 Å². The molecule has 0 spiro atoms. The number of phenols is 2. The Bertz CT molecular complexity index is 1260. The van der Waals surface area contributed by atoms with Crippen LogP contribution in [-0.2, 0) is 6.61 Å². The van der Waals surface area contributed by atoms with Crippen LogP contribution in [-0.4, -0.2) is 10.2 Å². The van der Waals surface area contributed by atoms with Gasteiger partial charge >= 0.3 is 0 Å². The highest BCUT2D eigenvalue weighted by Gasteiger charge is 2.24. The first kappa shape index (κ1) is 16.6. The summed E-state index contributed by atoms with van der Waals surface area (Å²) in [7, 11) is 0. The summed E-state index contributed by atoms with van der Waals surface area (Å²) < 4.78 is 20.0. The van der Waals surface area contributed by atoms with E-state index in [1.54, 1.807) is 43.3 Å². The Morgan fingerprint density at radius 1 is 0.857 bits per heavy atom. The highest BCUT2D eigenvalue weighted by Crippen LogP contribution is 2.48. The molecule has 0 bridgehead atoms. The molecule has 0 saturated carbocycles. The predicted molar refractivity (Wildman–Crippen MR) is 107 cm³/mol. The molecular formula is C24H17FO3. The monoisotopic (exact) mass is 372 g/mol. The number of ether oxygens (including phenoxy) is 1. The lowest BCUT2D eigenvalue weighted by Gasteiger charge is -2.25. The third kappa shape index (κ3) is 2.49. The molecule has 0 aliphatic carbocycles. The zero-order valence-electron chi connectivity index (χ0n) is 15.2. The number of rotatable bonds is 1. The van der Waals surface area contributed by atoms with E-state index in [0.717, 1.165) is 38.6 Å². The molecule has 4 aromatic rings. The normalized spacial score (nSPS) is 12.4. The summed E-state index contributed by atoms with van der Waals surface area (Å²) in [5, 5.41) is 21.7. The van der Waals surface area contributed by atoms with Gasteiger partial charge in [-0.2, -0.15) is 0 Å². The van der Waals surface area contributed by atoms with Crippen LogP contribution in [0.2, 0.25) is 0 Å². The fourth-order valence-electron chi connectivity index (χ4n) is 3.91. The number of hydrogen-bond acceptors (Lipinski definition) is 3. The lowest BCUT2D eigenvalue weighted by molar-refractivity contribution is 0.303. The quantitative estimate of drug-likeness (QED) is 0.436. The van der Waals surface area contributed by atoms with Gasteiger partial charge in [0.1, 0.15) is 29.7 Å². The van der Waals surface area contributed by atoms with Crippen LogP contribution in [0.3, 0.4) is 0 Å². The van der Waals surface area contributed by atoms with Gasteiger partial charge in [0.05, 0.1) is 0 Å². The summed E-state index contributed by atoms with van der Waals surface area (Å²) in [6.45, 7) is 2.06. The van der Waals surface area contributed by atoms with Crippen molar-refractivity contribution in [3.8, 4) is 39.5 Å². The maximum absolute atomic E-state index is 13.9. The predicted octanol–water partition coefficient (Wildman–Crippen LogP) is 5.92. The summed E-state index contributed by atoms with van der Waals surface area (Å²) in [6.07, 6.45) is 0. The maximum atomic E-state index is 13.9. The van der Waals surface area contributed by atoms with Crippen LogP contribution in [0.4, 0.5) is 4.39 Å². The van der Waals surface area contributed by atoms with Gasteiger partial charge in [-0.05, 0) is 76.9 Å². The fraction of sp³-hybridized carbons (Fsp3) is 0.0833. The van der Waals surface area contributed by atoms with Gasteiger partial charge in [-0.3, -0.25) is 0 Å². The third-order valence-corrected chi connectivity index (χ3v) is 5.28. The second-order valence-corrected chi connectivity index (χ2v) is 7.13. The van der Waals surface area contributed by atoms with Crippen LogP contribution in [0.15, 0.2) is 60.7 Å². The summed E-state index contributed by atoms with van der Waals surface area (Å²) in [5.41, 5.74) is 5.01. The van der Waals surface area contributed by atoms with Crippen molar-refractivity contribution >= 4 is 10.8 Å². The third-order valence-electron chi connectivity index (χ3n) is 5.28. The molecule has 28 heavy (non-hydrogen) atoms. The molecule has 4 aromatic carbocycles. The van der Waals surface area contributed by atoms with Crippen LogP contribution in [0.5, 0.6) is 17.2 Å². The Labute approximate surface area is 161 Å². The van der Waals surface area contributed by atoms with Crippen LogP contribution in [0, 0.1) is 12.7 Å². The Morgan fingerprint density at radius 3 is 2.46 bits per heavy atom. The molecule has 0 radical (unpaired) electrons. The van der Waals surface area contributed by atoms with E-state index in [4.69, 9.17) is 4.74 Å². The molecule has 0 amide bonds. The first-order valence-electron chi connectivity index (χ1n) is 9.02. The van der Waals surface area contributed by atoms with Crippen LogP contribution < -0.4 is 4.74 Å². The molecule has 0 unspecified atom stereocenters. The van der Waals surface area contributed by atoms with Crippen molar-refractivity contribution in [2.24, 2.45) is 0 Å². The van der Waals surface area contributed by atoms with Gasteiger partial charge in [-0.15, -0.1) is 0 Å². The van der Waals surface area contributed by atoms with Crippen LogP contribution in [0.1, 0.15) is 11.1 Å².